The van der Waals surface area contributed by atoms with Gasteiger partial charge in [-0.1, -0.05) is 49.1 Å². The molecule has 7 nitrogen and oxygen atoms in total. The second-order valence-electron chi connectivity index (χ2n) is 8.69. The molecular formula is C26H25N3O4S3. The number of aromatic nitrogens is 2. The van der Waals surface area contributed by atoms with E-state index < -0.39 is 15.9 Å². The van der Waals surface area contributed by atoms with Gasteiger partial charge in [0, 0.05) is 17.3 Å². The highest BCUT2D eigenvalue weighted by atomic mass is 32.2. The first-order valence-electron chi connectivity index (χ1n) is 11.7. The highest BCUT2D eigenvalue weighted by Crippen LogP contribution is 2.38. The van der Waals surface area contributed by atoms with Crippen LogP contribution in [0.2, 0.25) is 0 Å². The average Bonchev–Trinajstić information content (AvgIpc) is 3.53. The third kappa shape index (κ3) is 5.11. The maximum Gasteiger partial charge on any atom is 0.266 e. The first kappa shape index (κ1) is 24.7. The van der Waals surface area contributed by atoms with E-state index in [1.54, 1.807) is 10.8 Å². The highest BCUT2D eigenvalue weighted by Gasteiger charge is 2.42. The number of carbonyl (C=O) groups excluding carboxylic acids is 1. The Bertz CT molecular complexity index is 1430. The van der Waals surface area contributed by atoms with Crippen molar-refractivity contribution in [3.05, 3.63) is 71.3 Å². The van der Waals surface area contributed by atoms with Crippen molar-refractivity contribution in [2.24, 2.45) is 0 Å². The molecule has 2 aromatic carbocycles. The van der Waals surface area contributed by atoms with Gasteiger partial charge in [0.05, 0.1) is 40.4 Å². The molecule has 36 heavy (non-hydrogen) atoms. The summed E-state index contributed by atoms with van der Waals surface area (Å²) in [5.41, 5.74) is 3.26. The monoisotopic (exact) mass is 539 g/mol. The number of para-hydroxylation sites is 1. The Morgan fingerprint density at radius 1 is 1.17 bits per heavy atom. The van der Waals surface area contributed by atoms with Gasteiger partial charge in [-0.3, -0.25) is 9.69 Å². The lowest BCUT2D eigenvalue weighted by molar-refractivity contribution is -0.123. The molecule has 1 aromatic heterocycles. The predicted molar refractivity (Wildman–Crippen MR) is 147 cm³/mol. The minimum Gasteiger partial charge on any atom is -0.494 e. The molecule has 0 spiro atoms. The zero-order valence-electron chi connectivity index (χ0n) is 19.7. The van der Waals surface area contributed by atoms with E-state index in [9.17, 15) is 13.2 Å². The van der Waals surface area contributed by atoms with Crippen molar-refractivity contribution in [2.45, 2.75) is 25.8 Å². The number of hydrogen-bond acceptors (Lipinski definition) is 7. The van der Waals surface area contributed by atoms with Crippen LogP contribution in [0, 0.1) is 0 Å². The maximum atomic E-state index is 13.3. The molecule has 2 saturated heterocycles. The van der Waals surface area contributed by atoms with E-state index in [2.05, 4.69) is 6.92 Å². The molecule has 186 valence electrons. The number of hydrogen-bond donors (Lipinski definition) is 0. The minimum atomic E-state index is -3.14. The summed E-state index contributed by atoms with van der Waals surface area (Å²) in [5, 5.41) is 4.83. The number of amides is 1. The molecule has 1 atom stereocenters. The molecule has 3 aromatic rings. The third-order valence-corrected chi connectivity index (χ3v) is 9.13. The van der Waals surface area contributed by atoms with Crippen LogP contribution in [0.1, 0.15) is 25.3 Å². The molecule has 2 fully saturated rings. The fraction of sp³-hybridized carbons (Fsp3) is 0.269. The predicted octanol–water partition coefficient (Wildman–Crippen LogP) is 4.72. The molecule has 0 saturated carbocycles. The van der Waals surface area contributed by atoms with Gasteiger partial charge in [-0.2, -0.15) is 5.10 Å². The van der Waals surface area contributed by atoms with Gasteiger partial charge in [0.2, 0.25) is 0 Å². The SMILES string of the molecule is CCCOc1ccc(-c2nn(-c3ccccc3)cc2/C=C2\SC(=S)N([C@H]3CCS(=O)(=O)C3)C2=O)cc1. The largest absolute Gasteiger partial charge is 0.494 e. The molecule has 0 bridgehead atoms. The van der Waals surface area contributed by atoms with Crippen molar-refractivity contribution in [1.29, 1.82) is 0 Å². The topological polar surface area (TPSA) is 81.5 Å². The number of nitrogens with zero attached hydrogens (tertiary/aromatic N) is 3. The summed E-state index contributed by atoms with van der Waals surface area (Å²) in [5.74, 6) is 0.571. The second-order valence-corrected chi connectivity index (χ2v) is 12.6. The minimum absolute atomic E-state index is 0.0453. The van der Waals surface area contributed by atoms with E-state index in [1.807, 2.05) is 60.8 Å². The summed E-state index contributed by atoms with van der Waals surface area (Å²) >= 11 is 6.68. The highest BCUT2D eigenvalue weighted by molar-refractivity contribution is 8.26. The van der Waals surface area contributed by atoms with Crippen molar-refractivity contribution in [2.75, 3.05) is 18.1 Å². The zero-order chi connectivity index (χ0) is 25.3. The smallest absolute Gasteiger partial charge is 0.266 e. The summed E-state index contributed by atoms with van der Waals surface area (Å²) in [6.45, 7) is 2.71. The van der Waals surface area contributed by atoms with Crippen LogP contribution < -0.4 is 4.74 Å². The lowest BCUT2D eigenvalue weighted by Crippen LogP contribution is -2.39. The summed E-state index contributed by atoms with van der Waals surface area (Å²) in [6.07, 6.45) is 5.02. The Kier molecular flexibility index (Phi) is 7.00. The van der Waals surface area contributed by atoms with Crippen molar-refractivity contribution < 1.29 is 17.9 Å². The zero-order valence-corrected chi connectivity index (χ0v) is 22.1. The molecule has 0 N–H and O–H groups in total. The van der Waals surface area contributed by atoms with Crippen LogP contribution in [0.4, 0.5) is 0 Å². The lowest BCUT2D eigenvalue weighted by atomic mass is 10.1. The van der Waals surface area contributed by atoms with Crippen molar-refractivity contribution in [3.8, 4) is 22.7 Å². The number of benzene rings is 2. The fourth-order valence-corrected chi connectivity index (χ4v) is 7.37. The molecule has 5 rings (SSSR count). The lowest BCUT2D eigenvalue weighted by Gasteiger charge is -2.20. The van der Waals surface area contributed by atoms with Gasteiger partial charge >= 0.3 is 0 Å². The van der Waals surface area contributed by atoms with Crippen molar-refractivity contribution in [3.63, 3.8) is 0 Å². The number of thioether (sulfide) groups is 1. The molecule has 0 radical (unpaired) electrons. The number of sulfone groups is 1. The van der Waals surface area contributed by atoms with Crippen molar-refractivity contribution in [1.82, 2.24) is 14.7 Å². The van der Waals surface area contributed by atoms with Crippen LogP contribution >= 0.6 is 24.0 Å². The quantitative estimate of drug-likeness (QED) is 0.318. The standard InChI is InChI=1S/C26H25N3O4S3/c1-2-13-33-22-10-8-18(9-11-22)24-19(16-28(27-24)20-6-4-3-5-7-20)15-23-25(30)29(26(34)35-23)21-12-14-36(31,32)17-21/h3-11,15-16,21H,2,12-14,17H2,1H3/b23-15-/t21-/m0/s1. The molecular weight excluding hydrogens is 515 g/mol. The van der Waals surface area contributed by atoms with Crippen LogP contribution in [-0.2, 0) is 14.6 Å². The van der Waals surface area contributed by atoms with E-state index in [4.69, 9.17) is 22.1 Å². The fourth-order valence-electron chi connectivity index (χ4n) is 4.27. The van der Waals surface area contributed by atoms with Gasteiger partial charge in [-0.05, 0) is 55.3 Å². The van der Waals surface area contributed by atoms with Gasteiger partial charge in [0.25, 0.3) is 5.91 Å². The third-order valence-electron chi connectivity index (χ3n) is 6.05. The summed E-state index contributed by atoms with van der Waals surface area (Å²) in [4.78, 5) is 15.2. The van der Waals surface area contributed by atoms with Gasteiger partial charge in [-0.15, -0.1) is 0 Å². The first-order valence-corrected chi connectivity index (χ1v) is 14.7. The second kappa shape index (κ2) is 10.2. The number of rotatable bonds is 7. The number of thiocarbonyl (C=S) groups is 1. The van der Waals surface area contributed by atoms with Crippen LogP contribution in [0.3, 0.4) is 0 Å². The van der Waals surface area contributed by atoms with Crippen LogP contribution in [-0.4, -0.2) is 57.5 Å². The Morgan fingerprint density at radius 2 is 1.92 bits per heavy atom. The number of carbonyl (C=O) groups is 1. The molecule has 0 unspecified atom stereocenters. The van der Waals surface area contributed by atoms with Crippen LogP contribution in [0.5, 0.6) is 5.75 Å². The van der Waals surface area contributed by atoms with E-state index >= 15 is 0 Å². The van der Waals surface area contributed by atoms with E-state index in [0.717, 1.165) is 34.7 Å². The Labute approximate surface area is 220 Å². The molecule has 1 amide bonds. The Balaban J connectivity index is 1.50. The first-order chi connectivity index (χ1) is 17.3. The Hall–Kier alpha value is -2.95. The molecule has 2 aliphatic heterocycles. The number of ether oxygens (including phenoxy) is 1. The average molecular weight is 540 g/mol. The molecule has 0 aliphatic carbocycles. The van der Waals surface area contributed by atoms with E-state index in [-0.39, 0.29) is 17.4 Å². The summed E-state index contributed by atoms with van der Waals surface area (Å²) in [6, 6.07) is 17.1. The van der Waals surface area contributed by atoms with Gasteiger partial charge in [0.15, 0.2) is 9.84 Å². The molecule has 2 aliphatic rings. The van der Waals surface area contributed by atoms with Gasteiger partial charge in [-0.25, -0.2) is 13.1 Å². The summed E-state index contributed by atoms with van der Waals surface area (Å²) < 4.78 is 31.9. The van der Waals surface area contributed by atoms with E-state index in [1.165, 1.54) is 16.7 Å². The van der Waals surface area contributed by atoms with Crippen molar-refractivity contribution >= 4 is 50.1 Å². The molecule has 10 heteroatoms. The Morgan fingerprint density at radius 3 is 2.58 bits per heavy atom. The van der Waals surface area contributed by atoms with Crippen LogP contribution in [0.25, 0.3) is 23.0 Å². The van der Waals surface area contributed by atoms with E-state index in [0.29, 0.717) is 22.3 Å². The van der Waals surface area contributed by atoms with Gasteiger partial charge < -0.3 is 4.74 Å². The summed E-state index contributed by atoms with van der Waals surface area (Å²) in [7, 11) is -3.14. The molecule has 3 heterocycles. The normalized spacial score (nSPS) is 20.4. The van der Waals surface area contributed by atoms with Crippen LogP contribution in [0.15, 0.2) is 65.7 Å². The maximum absolute atomic E-state index is 13.3. The van der Waals surface area contributed by atoms with Gasteiger partial charge in [0.1, 0.15) is 10.1 Å².